The van der Waals surface area contributed by atoms with Gasteiger partial charge in [-0.2, -0.15) is 0 Å². The van der Waals surface area contributed by atoms with E-state index in [1.807, 2.05) is 25.1 Å². The smallest absolute Gasteiger partial charge is 0.211 e. The molecular weight excluding hydrogens is 386 g/mol. The quantitative estimate of drug-likeness (QED) is 0.417. The van der Waals surface area contributed by atoms with Crippen LogP contribution in [-0.4, -0.2) is 82.7 Å². The molecule has 0 saturated carbocycles. The van der Waals surface area contributed by atoms with Crippen molar-refractivity contribution in [2.24, 2.45) is 4.99 Å². The summed E-state index contributed by atoms with van der Waals surface area (Å²) in [6.45, 7) is 7.10. The van der Waals surface area contributed by atoms with Crippen molar-refractivity contribution in [3.63, 3.8) is 0 Å². The fourth-order valence-electron chi connectivity index (χ4n) is 3.20. The Morgan fingerprint density at radius 1 is 1.30 bits per heavy atom. The van der Waals surface area contributed by atoms with Crippen LogP contribution in [0.5, 0.6) is 0 Å². The highest BCUT2D eigenvalue weighted by Gasteiger charge is 2.20. The highest BCUT2D eigenvalue weighted by Crippen LogP contribution is 2.20. The number of nitrogens with zero attached hydrogens (tertiary/aromatic N) is 4. The molecule has 0 amide bonds. The molecule has 0 spiro atoms. The lowest BCUT2D eigenvalue weighted by Crippen LogP contribution is -2.52. The number of benzene rings is 1. The van der Waals surface area contributed by atoms with Crippen molar-refractivity contribution in [3.8, 4) is 0 Å². The third-order valence-corrected chi connectivity index (χ3v) is 6.27. The fraction of sp³-hybridized carbons (Fsp3) is 0.611. The van der Waals surface area contributed by atoms with E-state index in [0.29, 0.717) is 19.6 Å². The van der Waals surface area contributed by atoms with Gasteiger partial charge in [-0.15, -0.1) is 0 Å². The van der Waals surface area contributed by atoms with Crippen LogP contribution in [0.4, 0.5) is 5.69 Å². The summed E-state index contributed by atoms with van der Waals surface area (Å²) < 4.78 is 24.7. The summed E-state index contributed by atoms with van der Waals surface area (Å²) in [6, 6.07) is 7.93. The van der Waals surface area contributed by atoms with Gasteiger partial charge in [0.15, 0.2) is 5.96 Å². The van der Waals surface area contributed by atoms with Gasteiger partial charge in [0.2, 0.25) is 10.0 Å². The summed E-state index contributed by atoms with van der Waals surface area (Å²) in [6.07, 6.45) is 1.99. The van der Waals surface area contributed by atoms with Gasteiger partial charge in [-0.1, -0.05) is 24.6 Å². The lowest BCUT2D eigenvalue weighted by atomic mass is 10.2. The number of halogens is 1. The van der Waals surface area contributed by atoms with Crippen LogP contribution in [0.15, 0.2) is 29.3 Å². The molecule has 7 nitrogen and oxygen atoms in total. The summed E-state index contributed by atoms with van der Waals surface area (Å²) in [5.74, 6) is 0.864. The van der Waals surface area contributed by atoms with Crippen molar-refractivity contribution in [3.05, 3.63) is 29.3 Å². The predicted molar refractivity (Wildman–Crippen MR) is 113 cm³/mol. The van der Waals surface area contributed by atoms with E-state index in [4.69, 9.17) is 11.6 Å². The first kappa shape index (κ1) is 21.8. The highest BCUT2D eigenvalue weighted by atomic mass is 35.5. The van der Waals surface area contributed by atoms with Crippen molar-refractivity contribution in [2.75, 3.05) is 64.0 Å². The van der Waals surface area contributed by atoms with Gasteiger partial charge in [0.1, 0.15) is 0 Å². The first-order valence-corrected chi connectivity index (χ1v) is 11.5. The van der Waals surface area contributed by atoms with Crippen LogP contribution in [0.3, 0.4) is 0 Å². The van der Waals surface area contributed by atoms with Crippen LogP contribution in [-0.2, 0) is 10.0 Å². The molecule has 0 aromatic heterocycles. The Balaban J connectivity index is 1.78. The maximum absolute atomic E-state index is 11.6. The zero-order valence-electron chi connectivity index (χ0n) is 16.4. The number of hydrogen-bond donors (Lipinski definition) is 1. The number of hydrogen-bond acceptors (Lipinski definition) is 4. The Bertz CT molecular complexity index is 733. The molecule has 0 aliphatic carbocycles. The number of anilines is 1. The van der Waals surface area contributed by atoms with Crippen molar-refractivity contribution < 1.29 is 8.42 Å². The van der Waals surface area contributed by atoms with Gasteiger partial charge in [-0.25, -0.2) is 12.7 Å². The molecule has 0 radical (unpaired) electrons. The SMILES string of the molecule is CCN(CCCNC(=NC)N1CCN(c2cccc(Cl)c2)CC1)S(C)(=O)=O. The topological polar surface area (TPSA) is 68.2 Å². The number of rotatable bonds is 7. The number of aliphatic imine (C=N–C) groups is 1. The van der Waals surface area contributed by atoms with E-state index in [2.05, 4.69) is 26.2 Å². The number of guanidine groups is 1. The first-order valence-electron chi connectivity index (χ1n) is 9.26. The van der Waals surface area contributed by atoms with E-state index < -0.39 is 10.0 Å². The number of nitrogens with one attached hydrogen (secondary N) is 1. The second kappa shape index (κ2) is 10.1. The molecule has 1 saturated heterocycles. The maximum atomic E-state index is 11.6. The summed E-state index contributed by atoms with van der Waals surface area (Å²) in [5.41, 5.74) is 1.14. The summed E-state index contributed by atoms with van der Waals surface area (Å²) >= 11 is 6.09. The van der Waals surface area contributed by atoms with Crippen LogP contribution in [0, 0.1) is 0 Å². The summed E-state index contributed by atoms with van der Waals surface area (Å²) in [5, 5.41) is 4.10. The normalized spacial score (nSPS) is 16.1. The largest absolute Gasteiger partial charge is 0.368 e. The zero-order valence-corrected chi connectivity index (χ0v) is 17.9. The van der Waals surface area contributed by atoms with E-state index in [9.17, 15) is 8.42 Å². The van der Waals surface area contributed by atoms with Crippen molar-refractivity contribution in [1.29, 1.82) is 0 Å². The molecule has 0 bridgehead atoms. The van der Waals surface area contributed by atoms with Gasteiger partial charge in [-0.3, -0.25) is 4.99 Å². The second-order valence-electron chi connectivity index (χ2n) is 6.54. The van der Waals surface area contributed by atoms with Gasteiger partial charge < -0.3 is 15.1 Å². The third kappa shape index (κ3) is 6.55. The van der Waals surface area contributed by atoms with Crippen molar-refractivity contribution in [1.82, 2.24) is 14.5 Å². The molecule has 27 heavy (non-hydrogen) atoms. The summed E-state index contributed by atoms with van der Waals surface area (Å²) in [4.78, 5) is 8.92. The molecule has 0 unspecified atom stereocenters. The van der Waals surface area contributed by atoms with E-state index in [1.165, 1.54) is 10.6 Å². The molecule has 1 aromatic rings. The zero-order chi connectivity index (χ0) is 19.9. The molecule has 1 aliphatic rings. The molecule has 1 N–H and O–H groups in total. The van der Waals surface area contributed by atoms with E-state index in [-0.39, 0.29) is 0 Å². The number of piperazine rings is 1. The van der Waals surface area contributed by atoms with Crippen LogP contribution in [0.2, 0.25) is 5.02 Å². The van der Waals surface area contributed by atoms with E-state index in [1.54, 1.807) is 7.05 Å². The van der Waals surface area contributed by atoms with Gasteiger partial charge in [0.25, 0.3) is 0 Å². The van der Waals surface area contributed by atoms with Gasteiger partial charge >= 0.3 is 0 Å². The molecular formula is C18H30ClN5O2S. The predicted octanol–water partition coefficient (Wildman–Crippen LogP) is 1.71. The lowest BCUT2D eigenvalue weighted by molar-refractivity contribution is 0.370. The van der Waals surface area contributed by atoms with E-state index in [0.717, 1.165) is 49.3 Å². The van der Waals surface area contributed by atoms with Crippen LogP contribution in [0.1, 0.15) is 13.3 Å². The van der Waals surface area contributed by atoms with Crippen molar-refractivity contribution >= 4 is 33.3 Å². The Kier molecular flexibility index (Phi) is 8.19. The second-order valence-corrected chi connectivity index (χ2v) is 8.96. The number of sulfonamides is 1. The third-order valence-electron chi connectivity index (χ3n) is 4.65. The van der Waals surface area contributed by atoms with Crippen LogP contribution >= 0.6 is 11.6 Å². The van der Waals surface area contributed by atoms with Crippen molar-refractivity contribution in [2.45, 2.75) is 13.3 Å². The molecule has 1 heterocycles. The standard InChI is InChI=1S/C18H30ClN5O2S/c1-4-24(27(3,25)26)10-6-9-21-18(20-2)23-13-11-22(12-14-23)17-8-5-7-16(19)15-17/h5,7-8,15H,4,6,9-14H2,1-3H3,(H,20,21). The minimum Gasteiger partial charge on any atom is -0.368 e. The Morgan fingerprint density at radius 3 is 2.56 bits per heavy atom. The van der Waals surface area contributed by atoms with Crippen LogP contribution < -0.4 is 10.2 Å². The lowest BCUT2D eigenvalue weighted by Gasteiger charge is -2.37. The van der Waals surface area contributed by atoms with Gasteiger partial charge in [0, 0.05) is 63.6 Å². The Hall–Kier alpha value is -1.51. The average molecular weight is 416 g/mol. The molecule has 152 valence electrons. The maximum Gasteiger partial charge on any atom is 0.211 e. The van der Waals surface area contributed by atoms with Gasteiger partial charge in [0.05, 0.1) is 6.26 Å². The Morgan fingerprint density at radius 2 is 2.00 bits per heavy atom. The molecule has 9 heteroatoms. The minimum atomic E-state index is -3.13. The molecule has 0 atom stereocenters. The molecule has 1 aliphatic heterocycles. The molecule has 1 aromatic carbocycles. The van der Waals surface area contributed by atoms with Gasteiger partial charge in [-0.05, 0) is 24.6 Å². The average Bonchev–Trinajstić information content (AvgIpc) is 2.64. The highest BCUT2D eigenvalue weighted by molar-refractivity contribution is 7.88. The summed E-state index contributed by atoms with van der Waals surface area (Å²) in [7, 11) is -1.35. The Labute approximate surface area is 168 Å². The molecule has 2 rings (SSSR count). The fourth-order valence-corrected chi connectivity index (χ4v) is 4.31. The molecule has 1 fully saturated rings. The first-order chi connectivity index (χ1) is 12.8. The van der Waals surface area contributed by atoms with E-state index >= 15 is 0 Å². The van der Waals surface area contributed by atoms with Crippen LogP contribution in [0.25, 0.3) is 0 Å². The minimum absolute atomic E-state index is 0.499. The monoisotopic (exact) mass is 415 g/mol.